The van der Waals surface area contributed by atoms with Crippen molar-refractivity contribution in [2.24, 2.45) is 5.73 Å². The van der Waals surface area contributed by atoms with Gasteiger partial charge in [-0.05, 0) is 44.4 Å². The van der Waals surface area contributed by atoms with Crippen molar-refractivity contribution in [3.05, 3.63) is 29.3 Å². The van der Waals surface area contributed by atoms with Gasteiger partial charge in [-0.15, -0.1) is 0 Å². The number of aryl methyl sites for hydroxylation is 1. The van der Waals surface area contributed by atoms with Crippen molar-refractivity contribution in [1.82, 2.24) is 0 Å². The minimum atomic E-state index is -0.544. The monoisotopic (exact) mass is 279 g/mol. The van der Waals surface area contributed by atoms with E-state index in [1.807, 2.05) is 32.0 Å². The molecule has 4 nitrogen and oxygen atoms in total. The summed E-state index contributed by atoms with van der Waals surface area (Å²) < 4.78 is 11.0. The fraction of sp³-hybridized carbons (Fsp3) is 0.562. The number of hydrogen-bond acceptors (Lipinski definition) is 4. The van der Waals surface area contributed by atoms with Gasteiger partial charge >= 0.3 is 5.97 Å². The van der Waals surface area contributed by atoms with Gasteiger partial charge in [0.05, 0.1) is 6.61 Å². The first-order chi connectivity index (χ1) is 9.63. The summed E-state index contributed by atoms with van der Waals surface area (Å²) in [6.07, 6.45) is 1.70. The van der Waals surface area contributed by atoms with E-state index in [9.17, 15) is 4.79 Å². The van der Waals surface area contributed by atoms with E-state index in [0.29, 0.717) is 19.6 Å². The first-order valence-electron chi connectivity index (χ1n) is 7.25. The zero-order valence-corrected chi connectivity index (χ0v) is 12.6. The maximum absolute atomic E-state index is 11.9. The van der Waals surface area contributed by atoms with Crippen molar-refractivity contribution in [2.75, 3.05) is 13.2 Å². The van der Waals surface area contributed by atoms with E-state index in [1.54, 1.807) is 6.92 Å². The highest BCUT2D eigenvalue weighted by atomic mass is 16.6. The number of nitrogens with two attached hydrogens (primary N) is 1. The molecule has 0 spiro atoms. The number of rotatable bonds is 8. The second-order valence-electron chi connectivity index (χ2n) is 4.75. The maximum Gasteiger partial charge on any atom is 0.347 e. The van der Waals surface area contributed by atoms with Crippen LogP contribution in [-0.2, 0) is 16.0 Å². The van der Waals surface area contributed by atoms with E-state index in [2.05, 4.69) is 0 Å². The molecular formula is C16H25NO3. The molecule has 0 fully saturated rings. The summed E-state index contributed by atoms with van der Waals surface area (Å²) in [4.78, 5) is 11.9. The van der Waals surface area contributed by atoms with Crippen molar-refractivity contribution in [3.8, 4) is 5.75 Å². The predicted molar refractivity (Wildman–Crippen MR) is 79.9 cm³/mol. The Morgan fingerprint density at radius 3 is 2.70 bits per heavy atom. The zero-order chi connectivity index (χ0) is 15.0. The molecule has 0 aliphatic rings. The van der Waals surface area contributed by atoms with E-state index in [0.717, 1.165) is 29.7 Å². The van der Waals surface area contributed by atoms with Crippen LogP contribution < -0.4 is 10.5 Å². The number of carbonyl (C=O) groups is 1. The minimum Gasteiger partial charge on any atom is -0.478 e. The van der Waals surface area contributed by atoms with Gasteiger partial charge in [0, 0.05) is 0 Å². The number of para-hydroxylation sites is 1. The summed E-state index contributed by atoms with van der Waals surface area (Å²) in [6, 6.07) is 5.94. The topological polar surface area (TPSA) is 61.5 Å². The maximum atomic E-state index is 11.9. The van der Waals surface area contributed by atoms with E-state index < -0.39 is 6.10 Å². The molecule has 4 heteroatoms. The number of benzene rings is 1. The molecule has 0 aliphatic carbocycles. The SMILES string of the molecule is CCCC(Oc1c(C)cccc1CCN)C(=O)OCC. The molecule has 0 bridgehead atoms. The molecule has 1 rings (SSSR count). The number of carbonyl (C=O) groups excluding carboxylic acids is 1. The van der Waals surface area contributed by atoms with Gasteiger partial charge in [0.1, 0.15) is 5.75 Å². The van der Waals surface area contributed by atoms with Gasteiger partial charge in [0.15, 0.2) is 6.10 Å². The van der Waals surface area contributed by atoms with Crippen LogP contribution in [0.15, 0.2) is 18.2 Å². The lowest BCUT2D eigenvalue weighted by atomic mass is 10.1. The number of hydrogen-bond donors (Lipinski definition) is 1. The van der Waals surface area contributed by atoms with Gasteiger partial charge in [-0.25, -0.2) is 4.79 Å². The minimum absolute atomic E-state index is 0.295. The molecule has 20 heavy (non-hydrogen) atoms. The standard InChI is InChI=1S/C16H25NO3/c1-4-7-14(16(18)19-5-2)20-15-12(3)8-6-9-13(15)10-11-17/h6,8-9,14H,4-5,7,10-11,17H2,1-3H3. The zero-order valence-electron chi connectivity index (χ0n) is 12.6. The molecule has 112 valence electrons. The molecule has 1 unspecified atom stereocenters. The van der Waals surface area contributed by atoms with Crippen LogP contribution >= 0.6 is 0 Å². The Hall–Kier alpha value is -1.55. The Bertz CT molecular complexity index is 432. The normalized spacial score (nSPS) is 12.0. The predicted octanol–water partition coefficient (Wildman–Crippen LogP) is 2.61. The summed E-state index contributed by atoms with van der Waals surface area (Å²) in [5.41, 5.74) is 7.68. The molecule has 0 amide bonds. The molecule has 1 atom stereocenters. The lowest BCUT2D eigenvalue weighted by Crippen LogP contribution is -2.30. The van der Waals surface area contributed by atoms with Gasteiger partial charge in [-0.1, -0.05) is 31.5 Å². The van der Waals surface area contributed by atoms with E-state index >= 15 is 0 Å². The van der Waals surface area contributed by atoms with Gasteiger partial charge in [0.2, 0.25) is 0 Å². The van der Waals surface area contributed by atoms with Crippen molar-refractivity contribution >= 4 is 5.97 Å². The van der Waals surface area contributed by atoms with Crippen molar-refractivity contribution in [2.45, 2.75) is 46.1 Å². The molecule has 1 aromatic carbocycles. The van der Waals surface area contributed by atoms with Gasteiger partial charge in [-0.3, -0.25) is 0 Å². The molecular weight excluding hydrogens is 254 g/mol. The molecule has 0 heterocycles. The summed E-state index contributed by atoms with van der Waals surface area (Å²) >= 11 is 0. The lowest BCUT2D eigenvalue weighted by molar-refractivity contribution is -0.151. The van der Waals surface area contributed by atoms with Crippen LogP contribution in [0.1, 0.15) is 37.8 Å². The van der Waals surface area contributed by atoms with E-state index in [-0.39, 0.29) is 5.97 Å². The largest absolute Gasteiger partial charge is 0.478 e. The van der Waals surface area contributed by atoms with Crippen LogP contribution in [0.2, 0.25) is 0 Å². The van der Waals surface area contributed by atoms with Crippen LogP contribution in [-0.4, -0.2) is 25.2 Å². The first kappa shape index (κ1) is 16.5. The molecule has 0 aliphatic heterocycles. The fourth-order valence-corrected chi connectivity index (χ4v) is 2.10. The molecule has 0 aromatic heterocycles. The van der Waals surface area contributed by atoms with Crippen LogP contribution in [0.5, 0.6) is 5.75 Å². The van der Waals surface area contributed by atoms with E-state index in [4.69, 9.17) is 15.2 Å². The highest BCUT2D eigenvalue weighted by Crippen LogP contribution is 2.26. The second-order valence-corrected chi connectivity index (χ2v) is 4.75. The molecule has 0 saturated heterocycles. The molecule has 2 N–H and O–H groups in total. The van der Waals surface area contributed by atoms with Gasteiger partial charge in [-0.2, -0.15) is 0 Å². The molecule has 0 saturated carbocycles. The highest BCUT2D eigenvalue weighted by Gasteiger charge is 2.22. The summed E-state index contributed by atoms with van der Waals surface area (Å²) in [5.74, 6) is 0.473. The van der Waals surface area contributed by atoms with Crippen molar-refractivity contribution < 1.29 is 14.3 Å². The lowest BCUT2D eigenvalue weighted by Gasteiger charge is -2.20. The van der Waals surface area contributed by atoms with Gasteiger partial charge < -0.3 is 15.2 Å². The summed E-state index contributed by atoms with van der Waals surface area (Å²) in [5, 5.41) is 0. The molecule has 0 radical (unpaired) electrons. The Morgan fingerprint density at radius 2 is 2.10 bits per heavy atom. The Labute approximate surface area is 121 Å². The Balaban J connectivity index is 2.94. The van der Waals surface area contributed by atoms with Gasteiger partial charge in [0.25, 0.3) is 0 Å². The third-order valence-corrected chi connectivity index (χ3v) is 3.07. The Kier molecular flexibility index (Phi) is 7.09. The molecule has 1 aromatic rings. The fourth-order valence-electron chi connectivity index (χ4n) is 2.10. The van der Waals surface area contributed by atoms with Crippen LogP contribution in [0.4, 0.5) is 0 Å². The van der Waals surface area contributed by atoms with Crippen LogP contribution in [0.25, 0.3) is 0 Å². The van der Waals surface area contributed by atoms with Crippen molar-refractivity contribution in [1.29, 1.82) is 0 Å². The quantitative estimate of drug-likeness (QED) is 0.743. The number of esters is 1. The third-order valence-electron chi connectivity index (χ3n) is 3.07. The van der Waals surface area contributed by atoms with Crippen LogP contribution in [0.3, 0.4) is 0 Å². The average molecular weight is 279 g/mol. The first-order valence-corrected chi connectivity index (χ1v) is 7.25. The number of ether oxygens (including phenoxy) is 2. The average Bonchev–Trinajstić information content (AvgIpc) is 2.42. The van der Waals surface area contributed by atoms with Crippen molar-refractivity contribution in [3.63, 3.8) is 0 Å². The van der Waals surface area contributed by atoms with Crippen LogP contribution in [0, 0.1) is 6.92 Å². The third kappa shape index (κ3) is 4.53. The summed E-state index contributed by atoms with van der Waals surface area (Å²) in [7, 11) is 0. The second kappa shape index (κ2) is 8.59. The van der Waals surface area contributed by atoms with E-state index in [1.165, 1.54) is 0 Å². The Morgan fingerprint density at radius 1 is 1.35 bits per heavy atom. The highest BCUT2D eigenvalue weighted by molar-refractivity contribution is 5.75. The summed E-state index contributed by atoms with van der Waals surface area (Å²) in [6.45, 7) is 6.72. The smallest absolute Gasteiger partial charge is 0.347 e.